The van der Waals surface area contributed by atoms with Gasteiger partial charge in [-0.25, -0.2) is 23.1 Å². The highest BCUT2D eigenvalue weighted by Gasteiger charge is 2.19. The van der Waals surface area contributed by atoms with E-state index in [9.17, 15) is 13.2 Å². The summed E-state index contributed by atoms with van der Waals surface area (Å²) in [6.07, 6.45) is 2.26. The second-order valence-corrected chi connectivity index (χ2v) is 5.38. The van der Waals surface area contributed by atoms with Gasteiger partial charge in [0.25, 0.3) is 6.43 Å². The first-order valence-corrected chi connectivity index (χ1v) is 7.26. The van der Waals surface area contributed by atoms with E-state index in [0.29, 0.717) is 11.4 Å². The van der Waals surface area contributed by atoms with Crippen molar-refractivity contribution in [3.8, 4) is 11.1 Å². The second kappa shape index (κ2) is 6.44. The van der Waals surface area contributed by atoms with Gasteiger partial charge >= 0.3 is 0 Å². The lowest BCUT2D eigenvalue weighted by molar-refractivity contribution is 0.146. The fraction of sp³-hybridized carbons (Fsp3) is 0.375. The van der Waals surface area contributed by atoms with Crippen LogP contribution in [0.2, 0.25) is 0 Å². The summed E-state index contributed by atoms with van der Waals surface area (Å²) in [5, 5.41) is 3.29. The van der Waals surface area contributed by atoms with Crippen molar-refractivity contribution in [1.82, 2.24) is 15.3 Å². The van der Waals surface area contributed by atoms with Crippen molar-refractivity contribution < 1.29 is 13.2 Å². The maximum Gasteiger partial charge on any atom is 0.266 e. The summed E-state index contributed by atoms with van der Waals surface area (Å²) in [7, 11) is 0. The molecule has 1 aromatic carbocycles. The zero-order valence-electron chi connectivity index (χ0n) is 11.9. The third-order valence-electron chi connectivity index (χ3n) is 3.91. The molecule has 0 amide bonds. The molecule has 1 aliphatic rings. The molecule has 3 rings (SSSR count). The van der Waals surface area contributed by atoms with Crippen LogP contribution in [0.15, 0.2) is 30.6 Å². The average Bonchev–Trinajstić information content (AvgIpc) is 2.56. The van der Waals surface area contributed by atoms with Crippen LogP contribution in [0.5, 0.6) is 0 Å². The lowest BCUT2D eigenvalue weighted by Crippen LogP contribution is -2.29. The van der Waals surface area contributed by atoms with Crippen molar-refractivity contribution in [2.45, 2.75) is 25.2 Å². The maximum absolute atomic E-state index is 14.1. The van der Waals surface area contributed by atoms with Crippen molar-refractivity contribution in [3.05, 3.63) is 47.8 Å². The van der Waals surface area contributed by atoms with Crippen LogP contribution in [0.25, 0.3) is 11.1 Å². The number of hydrogen-bond donors (Lipinski definition) is 1. The molecule has 0 aliphatic carbocycles. The van der Waals surface area contributed by atoms with E-state index < -0.39 is 17.8 Å². The summed E-state index contributed by atoms with van der Waals surface area (Å²) in [4.78, 5) is 8.58. The number of nitrogens with zero attached hydrogens (tertiary/aromatic N) is 2. The van der Waals surface area contributed by atoms with Crippen LogP contribution >= 0.6 is 0 Å². The number of alkyl halides is 2. The SMILES string of the molecule is Fc1c(-c2cnc(C3CCCNC3)nc2)cccc1C(F)F. The van der Waals surface area contributed by atoms with Gasteiger partial charge in [-0.2, -0.15) is 0 Å². The third-order valence-corrected chi connectivity index (χ3v) is 3.91. The standard InChI is InChI=1S/C16H16F3N3/c17-14-12(4-1-5-13(14)15(18)19)11-8-21-16(22-9-11)10-3-2-6-20-7-10/h1,4-5,8-10,15,20H,2-3,6-7H2. The molecule has 0 radical (unpaired) electrons. The predicted molar refractivity (Wildman–Crippen MR) is 77.2 cm³/mol. The molecular formula is C16H16F3N3. The zero-order valence-corrected chi connectivity index (χ0v) is 11.9. The van der Waals surface area contributed by atoms with Crippen LogP contribution in [0, 0.1) is 5.82 Å². The van der Waals surface area contributed by atoms with Gasteiger partial charge < -0.3 is 5.32 Å². The number of rotatable bonds is 3. The lowest BCUT2D eigenvalue weighted by Gasteiger charge is -2.21. The summed E-state index contributed by atoms with van der Waals surface area (Å²) in [5.41, 5.74) is -0.0864. The van der Waals surface area contributed by atoms with Crippen LogP contribution in [0.4, 0.5) is 13.2 Å². The lowest BCUT2D eigenvalue weighted by atomic mass is 9.98. The number of piperidine rings is 1. The molecule has 0 saturated carbocycles. The first-order valence-electron chi connectivity index (χ1n) is 7.26. The summed E-state index contributed by atoms with van der Waals surface area (Å²) < 4.78 is 39.6. The topological polar surface area (TPSA) is 37.8 Å². The van der Waals surface area contributed by atoms with Crippen LogP contribution in [0.1, 0.15) is 36.6 Å². The van der Waals surface area contributed by atoms with Crippen LogP contribution in [-0.2, 0) is 0 Å². The molecular weight excluding hydrogens is 291 g/mol. The Morgan fingerprint density at radius 3 is 2.59 bits per heavy atom. The van der Waals surface area contributed by atoms with E-state index in [2.05, 4.69) is 15.3 Å². The molecule has 6 heteroatoms. The van der Waals surface area contributed by atoms with Gasteiger partial charge in [-0.1, -0.05) is 18.2 Å². The van der Waals surface area contributed by atoms with Crippen LogP contribution in [-0.4, -0.2) is 23.1 Å². The summed E-state index contributed by atoms with van der Waals surface area (Å²) in [6, 6.07) is 3.97. The number of halogens is 3. The maximum atomic E-state index is 14.1. The fourth-order valence-corrected chi connectivity index (χ4v) is 2.70. The molecule has 1 fully saturated rings. The predicted octanol–water partition coefficient (Wildman–Crippen LogP) is 3.69. The Labute approximate surface area is 126 Å². The summed E-state index contributed by atoms with van der Waals surface area (Å²) >= 11 is 0. The van der Waals surface area contributed by atoms with E-state index >= 15 is 0 Å². The molecule has 1 aliphatic heterocycles. The number of benzene rings is 1. The van der Waals surface area contributed by atoms with E-state index in [1.807, 2.05) is 0 Å². The minimum atomic E-state index is -2.84. The number of nitrogens with one attached hydrogen (secondary N) is 1. The van der Waals surface area contributed by atoms with Crippen molar-refractivity contribution in [2.75, 3.05) is 13.1 Å². The van der Waals surface area contributed by atoms with E-state index in [-0.39, 0.29) is 11.5 Å². The molecule has 0 bridgehead atoms. The molecule has 3 nitrogen and oxygen atoms in total. The normalized spacial score (nSPS) is 18.6. The molecule has 1 saturated heterocycles. The minimum Gasteiger partial charge on any atom is -0.316 e. The molecule has 1 aromatic heterocycles. The Kier molecular flexibility index (Phi) is 4.38. The smallest absolute Gasteiger partial charge is 0.266 e. The van der Waals surface area contributed by atoms with E-state index in [1.165, 1.54) is 24.5 Å². The van der Waals surface area contributed by atoms with Crippen molar-refractivity contribution >= 4 is 0 Å². The Morgan fingerprint density at radius 2 is 1.95 bits per heavy atom. The van der Waals surface area contributed by atoms with Gasteiger partial charge in [0.1, 0.15) is 11.6 Å². The average molecular weight is 307 g/mol. The number of hydrogen-bond acceptors (Lipinski definition) is 3. The van der Waals surface area contributed by atoms with Crippen molar-refractivity contribution in [3.63, 3.8) is 0 Å². The van der Waals surface area contributed by atoms with Crippen LogP contribution < -0.4 is 5.32 Å². The molecule has 1 unspecified atom stereocenters. The Bertz CT molecular complexity index is 638. The Hall–Kier alpha value is -1.95. The first-order chi connectivity index (χ1) is 10.7. The second-order valence-electron chi connectivity index (χ2n) is 5.38. The van der Waals surface area contributed by atoms with E-state index in [0.717, 1.165) is 32.0 Å². The highest BCUT2D eigenvalue weighted by Crippen LogP contribution is 2.30. The molecule has 0 spiro atoms. The summed E-state index contributed by atoms with van der Waals surface area (Å²) in [5.74, 6) is 0.0506. The monoisotopic (exact) mass is 307 g/mol. The highest BCUT2D eigenvalue weighted by atomic mass is 19.3. The van der Waals surface area contributed by atoms with Gasteiger partial charge in [-0.05, 0) is 19.4 Å². The van der Waals surface area contributed by atoms with Gasteiger partial charge in [0.2, 0.25) is 0 Å². The molecule has 116 valence electrons. The van der Waals surface area contributed by atoms with Gasteiger partial charge in [0, 0.05) is 36.0 Å². The Morgan fingerprint density at radius 1 is 1.18 bits per heavy atom. The van der Waals surface area contributed by atoms with Crippen LogP contribution in [0.3, 0.4) is 0 Å². The van der Waals surface area contributed by atoms with Gasteiger partial charge in [0.05, 0.1) is 5.56 Å². The molecule has 2 aromatic rings. The molecule has 22 heavy (non-hydrogen) atoms. The van der Waals surface area contributed by atoms with E-state index in [1.54, 1.807) is 0 Å². The van der Waals surface area contributed by atoms with Gasteiger partial charge in [-0.15, -0.1) is 0 Å². The van der Waals surface area contributed by atoms with Gasteiger partial charge in [-0.3, -0.25) is 0 Å². The van der Waals surface area contributed by atoms with Crippen molar-refractivity contribution in [1.29, 1.82) is 0 Å². The number of aromatic nitrogens is 2. The fourth-order valence-electron chi connectivity index (χ4n) is 2.70. The minimum absolute atomic E-state index is 0.103. The first kappa shape index (κ1) is 15.0. The Balaban J connectivity index is 1.88. The highest BCUT2D eigenvalue weighted by molar-refractivity contribution is 5.63. The molecule has 1 atom stereocenters. The molecule has 1 N–H and O–H groups in total. The van der Waals surface area contributed by atoms with Gasteiger partial charge in [0.15, 0.2) is 0 Å². The third kappa shape index (κ3) is 2.97. The van der Waals surface area contributed by atoms with Crippen molar-refractivity contribution in [2.24, 2.45) is 0 Å². The molecule has 2 heterocycles. The quantitative estimate of drug-likeness (QED) is 0.940. The largest absolute Gasteiger partial charge is 0.316 e. The zero-order chi connectivity index (χ0) is 15.5. The summed E-state index contributed by atoms with van der Waals surface area (Å²) in [6.45, 7) is 1.83. The van der Waals surface area contributed by atoms with E-state index in [4.69, 9.17) is 0 Å².